The number of thioether (sulfide) groups is 1. The molecule has 0 saturated heterocycles. The SMILES string of the molecule is O=C(CSc1nnc(Cc2ccccc2)n1-c1ccc(Cl)c(Cl)c1)NCc1ccccn1. The van der Waals surface area contributed by atoms with Gasteiger partial charge in [-0.1, -0.05) is 71.4 Å². The van der Waals surface area contributed by atoms with Gasteiger partial charge in [0, 0.05) is 12.6 Å². The van der Waals surface area contributed by atoms with Crippen molar-refractivity contribution in [1.29, 1.82) is 0 Å². The number of aromatic nitrogens is 4. The fourth-order valence-corrected chi connectivity index (χ4v) is 4.14. The van der Waals surface area contributed by atoms with E-state index in [9.17, 15) is 4.79 Å². The van der Waals surface area contributed by atoms with E-state index in [1.807, 2.05) is 59.2 Å². The maximum atomic E-state index is 12.4. The van der Waals surface area contributed by atoms with Gasteiger partial charge in [0.15, 0.2) is 5.16 Å². The average molecular weight is 484 g/mol. The number of benzene rings is 2. The summed E-state index contributed by atoms with van der Waals surface area (Å²) in [6.07, 6.45) is 2.28. The minimum Gasteiger partial charge on any atom is -0.350 e. The fourth-order valence-electron chi connectivity index (χ4n) is 3.04. The molecule has 0 aliphatic carbocycles. The van der Waals surface area contributed by atoms with Crippen molar-refractivity contribution in [1.82, 2.24) is 25.1 Å². The van der Waals surface area contributed by atoms with Gasteiger partial charge in [-0.15, -0.1) is 10.2 Å². The largest absolute Gasteiger partial charge is 0.350 e. The molecular weight excluding hydrogens is 465 g/mol. The number of carbonyl (C=O) groups excluding carboxylic acids is 1. The van der Waals surface area contributed by atoms with E-state index in [0.29, 0.717) is 28.2 Å². The molecule has 1 amide bonds. The Balaban J connectivity index is 1.53. The van der Waals surface area contributed by atoms with E-state index in [2.05, 4.69) is 20.5 Å². The van der Waals surface area contributed by atoms with Crippen molar-refractivity contribution in [3.63, 3.8) is 0 Å². The Hall–Kier alpha value is -2.87. The highest BCUT2D eigenvalue weighted by atomic mass is 35.5. The third kappa shape index (κ3) is 5.68. The molecule has 2 aromatic heterocycles. The van der Waals surface area contributed by atoms with Crippen LogP contribution >= 0.6 is 35.0 Å². The summed E-state index contributed by atoms with van der Waals surface area (Å²) in [5, 5.41) is 13.1. The maximum Gasteiger partial charge on any atom is 0.230 e. The Bertz CT molecular complexity index is 1200. The second-order valence-corrected chi connectivity index (χ2v) is 8.64. The van der Waals surface area contributed by atoms with Crippen molar-refractivity contribution in [2.24, 2.45) is 0 Å². The maximum absolute atomic E-state index is 12.4. The van der Waals surface area contributed by atoms with Gasteiger partial charge in [0.05, 0.1) is 33.7 Å². The molecule has 0 aliphatic rings. The lowest BCUT2D eigenvalue weighted by molar-refractivity contribution is -0.118. The van der Waals surface area contributed by atoms with E-state index < -0.39 is 0 Å². The smallest absolute Gasteiger partial charge is 0.230 e. The van der Waals surface area contributed by atoms with Gasteiger partial charge in [-0.2, -0.15) is 0 Å². The summed E-state index contributed by atoms with van der Waals surface area (Å²) in [5.41, 5.74) is 2.69. The number of pyridine rings is 1. The number of amides is 1. The van der Waals surface area contributed by atoms with Gasteiger partial charge in [0.1, 0.15) is 5.82 Å². The second-order valence-electron chi connectivity index (χ2n) is 6.88. The number of hydrogen-bond donors (Lipinski definition) is 1. The minimum absolute atomic E-state index is 0.117. The van der Waals surface area contributed by atoms with Crippen molar-refractivity contribution >= 4 is 40.9 Å². The number of carbonyl (C=O) groups is 1. The van der Waals surface area contributed by atoms with E-state index in [1.165, 1.54) is 11.8 Å². The van der Waals surface area contributed by atoms with Crippen LogP contribution in [0.15, 0.2) is 78.1 Å². The molecule has 0 saturated carbocycles. The Morgan fingerprint density at radius 1 is 0.969 bits per heavy atom. The quantitative estimate of drug-likeness (QED) is 0.358. The summed E-state index contributed by atoms with van der Waals surface area (Å²) in [7, 11) is 0. The number of nitrogens with one attached hydrogen (secondary N) is 1. The number of halogens is 2. The molecule has 9 heteroatoms. The molecule has 2 aromatic carbocycles. The molecule has 32 heavy (non-hydrogen) atoms. The first-order valence-electron chi connectivity index (χ1n) is 9.83. The van der Waals surface area contributed by atoms with Gasteiger partial charge >= 0.3 is 0 Å². The van der Waals surface area contributed by atoms with Crippen molar-refractivity contribution in [3.8, 4) is 5.69 Å². The third-order valence-corrected chi connectivity index (χ3v) is 6.26. The van der Waals surface area contributed by atoms with Gasteiger partial charge in [0.2, 0.25) is 5.91 Å². The topological polar surface area (TPSA) is 72.7 Å². The highest BCUT2D eigenvalue weighted by Crippen LogP contribution is 2.28. The van der Waals surface area contributed by atoms with Gasteiger partial charge in [-0.05, 0) is 35.9 Å². The number of hydrogen-bond acceptors (Lipinski definition) is 5. The van der Waals surface area contributed by atoms with Crippen LogP contribution in [0.3, 0.4) is 0 Å². The van der Waals surface area contributed by atoms with E-state index in [1.54, 1.807) is 18.3 Å². The molecule has 0 unspecified atom stereocenters. The van der Waals surface area contributed by atoms with Crippen LogP contribution in [0.1, 0.15) is 17.1 Å². The summed E-state index contributed by atoms with van der Waals surface area (Å²) in [6.45, 7) is 0.374. The molecule has 2 heterocycles. The van der Waals surface area contributed by atoms with Crippen LogP contribution in [-0.2, 0) is 17.8 Å². The Labute approximate surface area is 200 Å². The lowest BCUT2D eigenvalue weighted by Gasteiger charge is -2.11. The van der Waals surface area contributed by atoms with E-state index in [-0.39, 0.29) is 11.7 Å². The van der Waals surface area contributed by atoms with Crippen LogP contribution in [0, 0.1) is 0 Å². The Morgan fingerprint density at radius 2 is 1.78 bits per heavy atom. The van der Waals surface area contributed by atoms with E-state index in [4.69, 9.17) is 23.2 Å². The molecule has 0 fully saturated rings. The van der Waals surface area contributed by atoms with Crippen molar-refractivity contribution < 1.29 is 4.79 Å². The molecule has 4 aromatic rings. The highest BCUT2D eigenvalue weighted by molar-refractivity contribution is 7.99. The van der Waals surface area contributed by atoms with Crippen molar-refractivity contribution in [2.45, 2.75) is 18.1 Å². The summed E-state index contributed by atoms with van der Waals surface area (Å²) >= 11 is 13.7. The van der Waals surface area contributed by atoms with Gasteiger partial charge in [-0.3, -0.25) is 14.3 Å². The molecule has 162 valence electrons. The molecule has 4 rings (SSSR count). The molecule has 0 spiro atoms. The first-order chi connectivity index (χ1) is 15.6. The standard InChI is InChI=1S/C23H19Cl2N5OS/c24-19-10-9-18(13-20(19)25)30-21(12-16-6-2-1-3-7-16)28-29-23(30)32-15-22(31)27-14-17-8-4-5-11-26-17/h1-11,13H,12,14-15H2,(H,27,31). The predicted octanol–water partition coefficient (Wildman–Crippen LogP) is 4.97. The summed E-state index contributed by atoms with van der Waals surface area (Å²) in [4.78, 5) is 16.6. The molecule has 0 atom stereocenters. The van der Waals surface area contributed by atoms with Crippen LogP contribution in [0.5, 0.6) is 0 Å². The van der Waals surface area contributed by atoms with Crippen molar-refractivity contribution in [3.05, 3.63) is 100 Å². The zero-order valence-corrected chi connectivity index (χ0v) is 19.2. The Kier molecular flexibility index (Phi) is 7.42. The van der Waals surface area contributed by atoms with Gasteiger partial charge in [0.25, 0.3) is 0 Å². The normalized spacial score (nSPS) is 10.8. The molecule has 1 N–H and O–H groups in total. The number of rotatable bonds is 8. The molecule has 0 aliphatic heterocycles. The zero-order valence-electron chi connectivity index (χ0n) is 16.9. The molecule has 0 bridgehead atoms. The second kappa shape index (κ2) is 10.6. The first kappa shape index (κ1) is 22.3. The summed E-state index contributed by atoms with van der Waals surface area (Å²) in [6, 6.07) is 21.0. The van der Waals surface area contributed by atoms with Crippen molar-refractivity contribution in [2.75, 3.05) is 5.75 Å². The lowest BCUT2D eigenvalue weighted by Crippen LogP contribution is -2.25. The first-order valence-corrected chi connectivity index (χ1v) is 11.6. The van der Waals surface area contributed by atoms with Crippen LogP contribution in [-0.4, -0.2) is 31.4 Å². The summed E-state index contributed by atoms with van der Waals surface area (Å²) in [5.74, 6) is 0.817. The molecular formula is C23H19Cl2N5OS. The Morgan fingerprint density at radius 3 is 2.53 bits per heavy atom. The van der Waals surface area contributed by atoms with Crippen LogP contribution < -0.4 is 5.32 Å². The summed E-state index contributed by atoms with van der Waals surface area (Å²) < 4.78 is 1.91. The predicted molar refractivity (Wildman–Crippen MR) is 127 cm³/mol. The van der Waals surface area contributed by atoms with Gasteiger partial charge in [-0.25, -0.2) is 0 Å². The van der Waals surface area contributed by atoms with E-state index in [0.717, 1.165) is 22.8 Å². The van der Waals surface area contributed by atoms with E-state index >= 15 is 0 Å². The molecule has 6 nitrogen and oxygen atoms in total. The molecule has 0 radical (unpaired) electrons. The highest BCUT2D eigenvalue weighted by Gasteiger charge is 2.17. The monoisotopic (exact) mass is 483 g/mol. The average Bonchev–Trinajstić information content (AvgIpc) is 3.21. The third-order valence-electron chi connectivity index (χ3n) is 4.59. The van der Waals surface area contributed by atoms with Gasteiger partial charge < -0.3 is 5.32 Å². The van der Waals surface area contributed by atoms with Crippen LogP contribution in [0.4, 0.5) is 0 Å². The number of nitrogens with zero attached hydrogens (tertiary/aromatic N) is 4. The van der Waals surface area contributed by atoms with Crippen LogP contribution in [0.25, 0.3) is 5.69 Å². The minimum atomic E-state index is -0.117. The lowest BCUT2D eigenvalue weighted by atomic mass is 10.1. The fraction of sp³-hybridized carbons (Fsp3) is 0.130. The zero-order chi connectivity index (χ0) is 22.3. The van der Waals surface area contributed by atoms with Crippen LogP contribution in [0.2, 0.25) is 10.0 Å².